The second-order valence-electron chi connectivity index (χ2n) is 7.58. The minimum absolute atomic E-state index is 0.111. The highest BCUT2D eigenvalue weighted by atomic mass is 79.9. The van der Waals surface area contributed by atoms with Gasteiger partial charge in [0.1, 0.15) is 11.5 Å². The third kappa shape index (κ3) is 4.26. The molecule has 0 fully saturated rings. The van der Waals surface area contributed by atoms with E-state index in [0.29, 0.717) is 30.6 Å². The Morgan fingerprint density at radius 2 is 1.91 bits per heavy atom. The minimum Gasteiger partial charge on any atom is -0.507 e. The number of allylic oxidation sites excluding steroid dienone is 1. The van der Waals surface area contributed by atoms with Crippen molar-refractivity contribution in [1.82, 2.24) is 4.57 Å². The predicted octanol–water partition coefficient (Wildman–Crippen LogP) is 3.28. The standard InChI is InChI=1S/C24H21BrN2O5S/c1-4-32-23(31)20-13(3)26-24-27(21(20)14-7-5-12(2)6-8-14)22(30)19(33-24)10-15-9-16(25)18(29)11-17(15)28/h5-11,21,28-29H,4H2,1-3H3/b19-10+/t21-/m0/s1. The molecule has 0 amide bonds. The van der Waals surface area contributed by atoms with Gasteiger partial charge in [-0.15, -0.1) is 0 Å². The van der Waals surface area contributed by atoms with E-state index in [1.54, 1.807) is 19.9 Å². The van der Waals surface area contributed by atoms with Gasteiger partial charge in [0, 0.05) is 11.6 Å². The summed E-state index contributed by atoms with van der Waals surface area (Å²) in [4.78, 5) is 31.4. The Morgan fingerprint density at radius 3 is 2.58 bits per heavy atom. The van der Waals surface area contributed by atoms with E-state index < -0.39 is 12.0 Å². The Labute approximate surface area is 201 Å². The number of thiazole rings is 1. The fraction of sp³-hybridized carbons (Fsp3) is 0.208. The monoisotopic (exact) mass is 528 g/mol. The second kappa shape index (κ2) is 8.99. The van der Waals surface area contributed by atoms with E-state index in [-0.39, 0.29) is 23.7 Å². The number of nitrogens with zero attached hydrogens (tertiary/aromatic N) is 2. The average molecular weight is 529 g/mol. The summed E-state index contributed by atoms with van der Waals surface area (Å²) in [5, 5.41) is 20.0. The van der Waals surface area contributed by atoms with Crippen LogP contribution < -0.4 is 14.9 Å². The largest absolute Gasteiger partial charge is 0.507 e. The maximum absolute atomic E-state index is 13.5. The van der Waals surface area contributed by atoms with Crippen molar-refractivity contribution in [3.05, 3.63) is 88.5 Å². The van der Waals surface area contributed by atoms with Crippen LogP contribution >= 0.6 is 27.3 Å². The average Bonchev–Trinajstić information content (AvgIpc) is 3.06. The summed E-state index contributed by atoms with van der Waals surface area (Å²) < 4.78 is 7.50. The lowest BCUT2D eigenvalue weighted by atomic mass is 9.95. The number of aromatic nitrogens is 1. The van der Waals surface area contributed by atoms with Crippen molar-refractivity contribution in [2.45, 2.75) is 26.8 Å². The molecule has 1 aliphatic heterocycles. The van der Waals surface area contributed by atoms with Gasteiger partial charge in [0.25, 0.3) is 5.56 Å². The first-order valence-corrected chi connectivity index (χ1v) is 11.8. The molecule has 7 nitrogen and oxygen atoms in total. The number of aromatic hydroxyl groups is 2. The molecule has 2 heterocycles. The Bertz CT molecular complexity index is 1470. The number of hydrogen-bond donors (Lipinski definition) is 2. The Balaban J connectivity index is 1.97. The van der Waals surface area contributed by atoms with Crippen LogP contribution in [0.3, 0.4) is 0 Å². The van der Waals surface area contributed by atoms with E-state index >= 15 is 0 Å². The molecule has 0 radical (unpaired) electrons. The first-order valence-electron chi connectivity index (χ1n) is 10.2. The second-order valence-corrected chi connectivity index (χ2v) is 9.44. The number of fused-ring (bicyclic) bond motifs is 1. The van der Waals surface area contributed by atoms with Crippen LogP contribution in [0.15, 0.2) is 61.9 Å². The van der Waals surface area contributed by atoms with E-state index in [4.69, 9.17) is 4.74 Å². The summed E-state index contributed by atoms with van der Waals surface area (Å²) in [5.41, 5.74) is 2.64. The summed E-state index contributed by atoms with van der Waals surface area (Å²) >= 11 is 4.38. The number of phenolic OH excluding ortho intramolecular Hbond substituents is 2. The van der Waals surface area contributed by atoms with Gasteiger partial charge in [0.05, 0.1) is 32.9 Å². The van der Waals surface area contributed by atoms with Crippen LogP contribution in [-0.2, 0) is 9.53 Å². The lowest BCUT2D eigenvalue weighted by Crippen LogP contribution is -2.39. The number of carbonyl (C=O) groups excluding carboxylic acids is 1. The summed E-state index contributed by atoms with van der Waals surface area (Å²) in [6.07, 6.45) is 1.54. The molecule has 2 aromatic carbocycles. The quantitative estimate of drug-likeness (QED) is 0.506. The molecule has 3 aromatic rings. The molecule has 0 saturated carbocycles. The number of hydrogen-bond acceptors (Lipinski definition) is 7. The number of benzene rings is 2. The maximum Gasteiger partial charge on any atom is 0.338 e. The highest BCUT2D eigenvalue weighted by molar-refractivity contribution is 9.10. The molecule has 170 valence electrons. The van der Waals surface area contributed by atoms with Crippen LogP contribution in [0, 0.1) is 6.92 Å². The van der Waals surface area contributed by atoms with Gasteiger partial charge in [-0.3, -0.25) is 9.36 Å². The van der Waals surface area contributed by atoms with Crippen LogP contribution in [0.5, 0.6) is 11.5 Å². The predicted molar refractivity (Wildman–Crippen MR) is 129 cm³/mol. The zero-order valence-corrected chi connectivity index (χ0v) is 20.5. The highest BCUT2D eigenvalue weighted by Gasteiger charge is 2.33. The number of esters is 1. The third-order valence-electron chi connectivity index (χ3n) is 5.29. The first kappa shape index (κ1) is 23.0. The molecule has 0 unspecified atom stereocenters. The Kier molecular flexibility index (Phi) is 6.27. The maximum atomic E-state index is 13.5. The van der Waals surface area contributed by atoms with Gasteiger partial charge in [0.2, 0.25) is 0 Å². The molecule has 0 spiro atoms. The Morgan fingerprint density at radius 1 is 1.21 bits per heavy atom. The Hall–Kier alpha value is -3.17. The lowest BCUT2D eigenvalue weighted by molar-refractivity contribution is -0.139. The summed E-state index contributed by atoms with van der Waals surface area (Å²) in [6, 6.07) is 9.66. The molecule has 1 atom stereocenters. The normalized spacial score (nSPS) is 15.9. The highest BCUT2D eigenvalue weighted by Crippen LogP contribution is 2.32. The van der Waals surface area contributed by atoms with Gasteiger partial charge in [-0.05, 0) is 54.4 Å². The molecule has 0 aliphatic carbocycles. The van der Waals surface area contributed by atoms with E-state index in [9.17, 15) is 19.8 Å². The molecule has 0 bridgehead atoms. The molecule has 1 aromatic heterocycles. The van der Waals surface area contributed by atoms with Crippen LogP contribution in [0.4, 0.5) is 0 Å². The van der Waals surface area contributed by atoms with Crippen molar-refractivity contribution in [2.24, 2.45) is 4.99 Å². The van der Waals surface area contributed by atoms with E-state index in [1.165, 1.54) is 16.7 Å². The van der Waals surface area contributed by atoms with E-state index in [2.05, 4.69) is 20.9 Å². The minimum atomic E-state index is -0.691. The van der Waals surface area contributed by atoms with Gasteiger partial charge < -0.3 is 14.9 Å². The zero-order valence-electron chi connectivity index (χ0n) is 18.1. The summed E-state index contributed by atoms with van der Waals surface area (Å²) in [6.45, 7) is 5.63. The van der Waals surface area contributed by atoms with Crippen molar-refractivity contribution in [2.75, 3.05) is 6.61 Å². The van der Waals surface area contributed by atoms with Crippen molar-refractivity contribution in [3.8, 4) is 11.5 Å². The van der Waals surface area contributed by atoms with Crippen LogP contribution in [0.1, 0.15) is 36.6 Å². The van der Waals surface area contributed by atoms with Crippen LogP contribution in [0.25, 0.3) is 6.08 Å². The van der Waals surface area contributed by atoms with Gasteiger partial charge in [-0.1, -0.05) is 41.2 Å². The van der Waals surface area contributed by atoms with Gasteiger partial charge >= 0.3 is 5.97 Å². The first-order chi connectivity index (χ1) is 15.7. The fourth-order valence-electron chi connectivity index (χ4n) is 3.68. The van der Waals surface area contributed by atoms with Crippen molar-refractivity contribution in [1.29, 1.82) is 0 Å². The summed E-state index contributed by atoms with van der Waals surface area (Å²) in [7, 11) is 0. The van der Waals surface area contributed by atoms with Crippen molar-refractivity contribution < 1.29 is 19.7 Å². The van der Waals surface area contributed by atoms with Crippen LogP contribution in [0.2, 0.25) is 0 Å². The molecule has 1 aliphatic rings. The van der Waals surface area contributed by atoms with Gasteiger partial charge in [0.15, 0.2) is 4.80 Å². The number of aryl methyl sites for hydroxylation is 1. The summed E-state index contributed by atoms with van der Waals surface area (Å²) in [5.74, 6) is -0.793. The number of rotatable bonds is 4. The molecule has 0 saturated heterocycles. The third-order valence-corrected chi connectivity index (χ3v) is 6.91. The number of ether oxygens (including phenoxy) is 1. The van der Waals surface area contributed by atoms with Crippen molar-refractivity contribution in [3.63, 3.8) is 0 Å². The molecule has 2 N–H and O–H groups in total. The van der Waals surface area contributed by atoms with Gasteiger partial charge in [-0.25, -0.2) is 9.79 Å². The lowest BCUT2D eigenvalue weighted by Gasteiger charge is -2.24. The zero-order chi connectivity index (χ0) is 23.9. The van der Waals surface area contributed by atoms with Crippen molar-refractivity contribution >= 4 is 39.3 Å². The molecule has 9 heteroatoms. The topological polar surface area (TPSA) is 101 Å². The van der Waals surface area contributed by atoms with E-state index in [1.807, 2.05) is 31.2 Å². The molecular formula is C24H21BrN2O5S. The SMILES string of the molecule is CCOC(=O)C1=C(C)N=c2s/c(=C/c3cc(Br)c(O)cc3O)c(=O)n2[C@H]1c1ccc(C)cc1. The number of halogens is 1. The molecular weight excluding hydrogens is 508 g/mol. The van der Waals surface area contributed by atoms with Gasteiger partial charge in [-0.2, -0.15) is 0 Å². The molecule has 4 rings (SSSR count). The van der Waals surface area contributed by atoms with E-state index in [0.717, 1.165) is 22.5 Å². The number of carbonyl (C=O) groups is 1. The smallest absolute Gasteiger partial charge is 0.338 e. The fourth-order valence-corrected chi connectivity index (χ4v) is 5.08. The van der Waals surface area contributed by atoms with Crippen LogP contribution in [-0.4, -0.2) is 27.4 Å². The molecule has 33 heavy (non-hydrogen) atoms. The number of phenols is 2.